The molecule has 29 heavy (non-hydrogen) atoms. The highest BCUT2D eigenvalue weighted by Crippen LogP contribution is 2.35. The number of pyridine rings is 1. The third-order valence-electron chi connectivity index (χ3n) is 4.24. The number of nitrogens with zero attached hydrogens (tertiary/aromatic N) is 2. The molecule has 1 heterocycles. The number of methoxy groups -OCH3 is 3. The Balaban J connectivity index is 1.76. The van der Waals surface area contributed by atoms with E-state index in [-0.39, 0.29) is 0 Å². The number of aromatic nitrogens is 1. The summed E-state index contributed by atoms with van der Waals surface area (Å²) in [7, 11) is 4.58. The SMILES string of the molecule is COc1cc(/C=N/NC(=O)C(OC)c2cnc3ccccc3c2)cc(OC)c1Br. The zero-order chi connectivity index (χ0) is 20.8. The van der Waals surface area contributed by atoms with Crippen molar-refractivity contribution in [3.8, 4) is 11.5 Å². The molecule has 0 aliphatic carbocycles. The van der Waals surface area contributed by atoms with Gasteiger partial charge in [0.25, 0.3) is 5.91 Å². The molecule has 0 radical (unpaired) electrons. The molecule has 0 aliphatic heterocycles. The van der Waals surface area contributed by atoms with Crippen LogP contribution in [-0.4, -0.2) is 38.4 Å². The van der Waals surface area contributed by atoms with Gasteiger partial charge in [-0.05, 0) is 40.2 Å². The van der Waals surface area contributed by atoms with E-state index in [0.717, 1.165) is 10.9 Å². The van der Waals surface area contributed by atoms with Crippen LogP contribution < -0.4 is 14.9 Å². The van der Waals surface area contributed by atoms with Gasteiger partial charge in [-0.2, -0.15) is 5.10 Å². The van der Waals surface area contributed by atoms with E-state index < -0.39 is 12.0 Å². The molecular formula is C21H20BrN3O4. The van der Waals surface area contributed by atoms with E-state index in [1.165, 1.54) is 13.3 Å². The first kappa shape index (κ1) is 20.8. The van der Waals surface area contributed by atoms with E-state index in [9.17, 15) is 4.79 Å². The monoisotopic (exact) mass is 457 g/mol. The first-order chi connectivity index (χ1) is 14.1. The highest BCUT2D eigenvalue weighted by Gasteiger charge is 2.20. The number of hydrogen-bond acceptors (Lipinski definition) is 6. The lowest BCUT2D eigenvalue weighted by atomic mass is 10.1. The first-order valence-corrected chi connectivity index (χ1v) is 9.48. The van der Waals surface area contributed by atoms with Crippen molar-refractivity contribution in [1.29, 1.82) is 0 Å². The van der Waals surface area contributed by atoms with E-state index in [1.54, 1.807) is 32.5 Å². The molecule has 2 aromatic carbocycles. The topological polar surface area (TPSA) is 82.0 Å². The van der Waals surface area contributed by atoms with E-state index in [1.807, 2.05) is 30.3 Å². The number of nitrogens with one attached hydrogen (secondary N) is 1. The number of fused-ring (bicyclic) bond motifs is 1. The Morgan fingerprint density at radius 2 is 1.83 bits per heavy atom. The summed E-state index contributed by atoms with van der Waals surface area (Å²) >= 11 is 3.41. The van der Waals surface area contributed by atoms with Crippen LogP contribution in [0.4, 0.5) is 0 Å². The van der Waals surface area contributed by atoms with Crippen molar-refractivity contribution < 1.29 is 19.0 Å². The van der Waals surface area contributed by atoms with Gasteiger partial charge in [0.15, 0.2) is 6.10 Å². The average molecular weight is 458 g/mol. The van der Waals surface area contributed by atoms with Crippen molar-refractivity contribution in [2.75, 3.05) is 21.3 Å². The number of ether oxygens (including phenoxy) is 3. The summed E-state index contributed by atoms with van der Waals surface area (Å²) in [6.07, 6.45) is 2.29. The van der Waals surface area contributed by atoms with Crippen LogP contribution in [0.2, 0.25) is 0 Å². The number of carbonyl (C=O) groups is 1. The van der Waals surface area contributed by atoms with Crippen LogP contribution in [-0.2, 0) is 9.53 Å². The van der Waals surface area contributed by atoms with Crippen LogP contribution in [0.25, 0.3) is 10.9 Å². The second-order valence-electron chi connectivity index (χ2n) is 6.05. The second kappa shape index (κ2) is 9.49. The number of hydrazone groups is 1. The van der Waals surface area contributed by atoms with Gasteiger partial charge in [0.05, 0.1) is 26.0 Å². The predicted molar refractivity (Wildman–Crippen MR) is 114 cm³/mol. The third kappa shape index (κ3) is 4.72. The lowest BCUT2D eigenvalue weighted by Gasteiger charge is -2.14. The van der Waals surface area contributed by atoms with Crippen molar-refractivity contribution >= 4 is 39.0 Å². The van der Waals surface area contributed by atoms with Gasteiger partial charge in [-0.3, -0.25) is 9.78 Å². The van der Waals surface area contributed by atoms with Gasteiger partial charge in [0.2, 0.25) is 0 Å². The van der Waals surface area contributed by atoms with Gasteiger partial charge in [-0.25, -0.2) is 5.43 Å². The van der Waals surface area contributed by atoms with Crippen LogP contribution in [0.3, 0.4) is 0 Å². The Labute approximate surface area is 176 Å². The molecule has 0 saturated carbocycles. The maximum absolute atomic E-state index is 12.6. The lowest BCUT2D eigenvalue weighted by Crippen LogP contribution is -2.26. The molecule has 1 unspecified atom stereocenters. The summed E-state index contributed by atoms with van der Waals surface area (Å²) < 4.78 is 16.7. The Morgan fingerprint density at radius 3 is 2.48 bits per heavy atom. The fraction of sp³-hybridized carbons (Fsp3) is 0.190. The number of halogens is 1. The molecule has 7 nitrogen and oxygen atoms in total. The van der Waals surface area contributed by atoms with Crippen LogP contribution in [0.15, 0.2) is 58.2 Å². The van der Waals surface area contributed by atoms with Crippen LogP contribution in [0, 0.1) is 0 Å². The first-order valence-electron chi connectivity index (χ1n) is 8.69. The summed E-state index contributed by atoms with van der Waals surface area (Å²) in [5, 5.41) is 4.96. The summed E-state index contributed by atoms with van der Waals surface area (Å²) in [6, 6.07) is 13.1. The Hall–Kier alpha value is -2.97. The Morgan fingerprint density at radius 1 is 1.14 bits per heavy atom. The zero-order valence-electron chi connectivity index (χ0n) is 16.2. The van der Waals surface area contributed by atoms with Gasteiger partial charge in [-0.1, -0.05) is 18.2 Å². The standard InChI is InChI=1S/C21H20BrN3O4/c1-27-17-8-13(9-18(28-2)19(17)22)11-24-25-21(26)20(29-3)15-10-14-6-4-5-7-16(14)23-12-15/h4-12,20H,1-3H3,(H,25,26)/b24-11+. The van der Waals surface area contributed by atoms with Crippen molar-refractivity contribution in [3.05, 3.63) is 64.3 Å². The number of carbonyl (C=O) groups excluding carboxylic acids is 1. The van der Waals surface area contributed by atoms with Crippen LogP contribution in [0.1, 0.15) is 17.2 Å². The molecule has 1 aromatic heterocycles. The molecule has 0 aliphatic rings. The molecule has 0 bridgehead atoms. The molecule has 1 atom stereocenters. The minimum absolute atomic E-state index is 0.406. The van der Waals surface area contributed by atoms with E-state index >= 15 is 0 Å². The van der Waals surface area contributed by atoms with Gasteiger partial charge >= 0.3 is 0 Å². The van der Waals surface area contributed by atoms with Gasteiger partial charge in [0, 0.05) is 29.8 Å². The number of amides is 1. The third-order valence-corrected chi connectivity index (χ3v) is 5.03. The molecule has 150 valence electrons. The van der Waals surface area contributed by atoms with Crippen molar-refractivity contribution in [2.24, 2.45) is 5.10 Å². The average Bonchev–Trinajstić information content (AvgIpc) is 2.75. The summed E-state index contributed by atoms with van der Waals surface area (Å²) in [6.45, 7) is 0. The molecule has 3 aromatic rings. The van der Waals surface area contributed by atoms with Gasteiger partial charge in [0.1, 0.15) is 16.0 Å². The smallest absolute Gasteiger partial charge is 0.273 e. The molecule has 1 N–H and O–H groups in total. The summed E-state index contributed by atoms with van der Waals surface area (Å²) in [5.41, 5.74) is 4.69. The van der Waals surface area contributed by atoms with E-state index in [0.29, 0.717) is 27.1 Å². The number of hydrogen-bond donors (Lipinski definition) is 1. The van der Waals surface area contributed by atoms with E-state index in [2.05, 4.69) is 31.4 Å². The molecule has 0 fully saturated rings. The highest BCUT2D eigenvalue weighted by atomic mass is 79.9. The number of para-hydroxylation sites is 1. The van der Waals surface area contributed by atoms with Gasteiger partial charge < -0.3 is 14.2 Å². The minimum atomic E-state index is -0.835. The van der Waals surface area contributed by atoms with E-state index in [4.69, 9.17) is 14.2 Å². The molecule has 0 saturated heterocycles. The van der Waals surface area contributed by atoms with Crippen LogP contribution in [0.5, 0.6) is 11.5 Å². The lowest BCUT2D eigenvalue weighted by molar-refractivity contribution is -0.131. The summed E-state index contributed by atoms with van der Waals surface area (Å²) in [4.78, 5) is 16.9. The fourth-order valence-corrected chi connectivity index (χ4v) is 3.37. The highest BCUT2D eigenvalue weighted by molar-refractivity contribution is 9.10. The minimum Gasteiger partial charge on any atom is -0.495 e. The number of benzene rings is 2. The molecule has 1 amide bonds. The van der Waals surface area contributed by atoms with Gasteiger partial charge in [-0.15, -0.1) is 0 Å². The second-order valence-corrected chi connectivity index (χ2v) is 6.84. The maximum atomic E-state index is 12.6. The van der Waals surface area contributed by atoms with Crippen molar-refractivity contribution in [2.45, 2.75) is 6.10 Å². The number of rotatable bonds is 7. The zero-order valence-corrected chi connectivity index (χ0v) is 17.8. The summed E-state index contributed by atoms with van der Waals surface area (Å²) in [5.74, 6) is 0.778. The van der Waals surface area contributed by atoms with Crippen molar-refractivity contribution in [1.82, 2.24) is 10.4 Å². The maximum Gasteiger partial charge on any atom is 0.273 e. The molecular weight excluding hydrogens is 438 g/mol. The Bertz CT molecular complexity index is 1030. The molecule has 3 rings (SSSR count). The Kier molecular flexibility index (Phi) is 6.79. The fourth-order valence-electron chi connectivity index (χ4n) is 2.82. The van der Waals surface area contributed by atoms with Crippen molar-refractivity contribution in [3.63, 3.8) is 0 Å². The molecule has 0 spiro atoms. The largest absolute Gasteiger partial charge is 0.495 e. The normalized spacial score (nSPS) is 12.1. The predicted octanol–water partition coefficient (Wildman–Crippen LogP) is 3.85. The van der Waals surface area contributed by atoms with Crippen LogP contribution >= 0.6 is 15.9 Å². The molecule has 8 heteroatoms. The quantitative estimate of drug-likeness (QED) is 0.430.